The Hall–Kier alpha value is -0.610. The second-order valence-corrected chi connectivity index (χ2v) is 4.61. The van der Waals surface area contributed by atoms with Crippen LogP contribution in [0, 0.1) is 0 Å². The molecule has 2 N–H and O–H groups in total. The molecule has 4 nitrogen and oxygen atoms in total. The second-order valence-electron chi connectivity index (χ2n) is 4.61. The first kappa shape index (κ1) is 16.4. The Morgan fingerprint density at radius 2 is 2.00 bits per heavy atom. The summed E-state index contributed by atoms with van der Waals surface area (Å²) in [6.07, 6.45) is 4.93. The van der Waals surface area contributed by atoms with Gasteiger partial charge < -0.3 is 15.2 Å². The SMILES string of the molecule is CCCCC(NCCCCOC(C)C)C(=O)O. The smallest absolute Gasteiger partial charge is 0.320 e. The number of carboxylic acid groups (broad SMARTS) is 1. The Bertz CT molecular complexity index is 195. The van der Waals surface area contributed by atoms with Crippen molar-refractivity contribution in [3.8, 4) is 0 Å². The number of hydrogen-bond donors (Lipinski definition) is 2. The lowest BCUT2D eigenvalue weighted by Crippen LogP contribution is -2.37. The van der Waals surface area contributed by atoms with Crippen LogP contribution in [0.5, 0.6) is 0 Å². The fourth-order valence-corrected chi connectivity index (χ4v) is 1.54. The molecule has 17 heavy (non-hydrogen) atoms. The van der Waals surface area contributed by atoms with Gasteiger partial charge in [0.05, 0.1) is 6.10 Å². The zero-order valence-electron chi connectivity index (χ0n) is 11.4. The molecule has 0 spiro atoms. The fraction of sp³-hybridized carbons (Fsp3) is 0.923. The lowest BCUT2D eigenvalue weighted by molar-refractivity contribution is -0.139. The third-order valence-electron chi connectivity index (χ3n) is 2.56. The lowest BCUT2D eigenvalue weighted by Gasteiger charge is -2.14. The Morgan fingerprint density at radius 3 is 2.53 bits per heavy atom. The van der Waals surface area contributed by atoms with Gasteiger partial charge in [-0.3, -0.25) is 4.79 Å². The first-order valence-electron chi connectivity index (χ1n) is 6.65. The van der Waals surface area contributed by atoms with Crippen molar-refractivity contribution in [1.29, 1.82) is 0 Å². The predicted octanol–water partition coefficient (Wildman–Crippen LogP) is 2.42. The first-order chi connectivity index (χ1) is 8.07. The van der Waals surface area contributed by atoms with Crippen molar-refractivity contribution in [3.05, 3.63) is 0 Å². The maximum absolute atomic E-state index is 10.9. The summed E-state index contributed by atoms with van der Waals surface area (Å²) in [6, 6.07) is -0.388. The normalized spacial score (nSPS) is 12.9. The van der Waals surface area contributed by atoms with Crippen LogP contribution in [-0.2, 0) is 9.53 Å². The molecule has 0 aliphatic heterocycles. The maximum atomic E-state index is 10.9. The van der Waals surface area contributed by atoms with Gasteiger partial charge in [0.15, 0.2) is 0 Å². The van der Waals surface area contributed by atoms with Crippen molar-refractivity contribution < 1.29 is 14.6 Å². The van der Waals surface area contributed by atoms with Crippen LogP contribution in [-0.4, -0.2) is 36.4 Å². The van der Waals surface area contributed by atoms with Crippen molar-refractivity contribution in [3.63, 3.8) is 0 Å². The van der Waals surface area contributed by atoms with E-state index in [1.54, 1.807) is 0 Å². The highest BCUT2D eigenvalue weighted by Gasteiger charge is 2.14. The molecule has 0 aliphatic carbocycles. The quantitative estimate of drug-likeness (QED) is 0.549. The molecule has 0 fully saturated rings. The molecule has 102 valence electrons. The Kier molecular flexibility index (Phi) is 10.2. The molecule has 0 aromatic rings. The predicted molar refractivity (Wildman–Crippen MR) is 69.3 cm³/mol. The van der Waals surface area contributed by atoms with E-state index in [-0.39, 0.29) is 12.1 Å². The van der Waals surface area contributed by atoms with Crippen molar-refractivity contribution in [1.82, 2.24) is 5.32 Å². The average Bonchev–Trinajstić information content (AvgIpc) is 2.26. The van der Waals surface area contributed by atoms with Gasteiger partial charge in [-0.1, -0.05) is 19.8 Å². The number of carbonyl (C=O) groups is 1. The summed E-state index contributed by atoms with van der Waals surface area (Å²) < 4.78 is 5.42. The van der Waals surface area contributed by atoms with Gasteiger partial charge in [-0.15, -0.1) is 0 Å². The van der Waals surface area contributed by atoms with Gasteiger partial charge in [0.1, 0.15) is 6.04 Å². The van der Waals surface area contributed by atoms with E-state index in [1.165, 1.54) is 0 Å². The number of nitrogens with one attached hydrogen (secondary N) is 1. The van der Waals surface area contributed by atoms with E-state index in [0.29, 0.717) is 6.42 Å². The zero-order chi connectivity index (χ0) is 13.1. The van der Waals surface area contributed by atoms with E-state index < -0.39 is 5.97 Å². The van der Waals surface area contributed by atoms with Crippen molar-refractivity contribution >= 4 is 5.97 Å². The van der Waals surface area contributed by atoms with Gasteiger partial charge in [0, 0.05) is 6.61 Å². The van der Waals surface area contributed by atoms with Crippen molar-refractivity contribution in [2.75, 3.05) is 13.2 Å². The molecule has 0 aliphatic rings. The van der Waals surface area contributed by atoms with Gasteiger partial charge in [0.25, 0.3) is 0 Å². The molecule has 0 radical (unpaired) electrons. The minimum Gasteiger partial charge on any atom is -0.480 e. The van der Waals surface area contributed by atoms with E-state index in [4.69, 9.17) is 9.84 Å². The standard InChI is InChI=1S/C13H27NO3/c1-4-5-8-12(13(15)16)14-9-6-7-10-17-11(2)3/h11-12,14H,4-10H2,1-3H3,(H,15,16). The van der Waals surface area contributed by atoms with Crippen molar-refractivity contribution in [2.24, 2.45) is 0 Å². The molecule has 1 atom stereocenters. The molecule has 0 rings (SSSR count). The van der Waals surface area contributed by atoms with Crippen LogP contribution in [0.15, 0.2) is 0 Å². The second kappa shape index (κ2) is 10.5. The Balaban J connectivity index is 3.51. The molecule has 4 heteroatoms. The number of rotatable bonds is 11. The van der Waals surface area contributed by atoms with Crippen LogP contribution in [0.2, 0.25) is 0 Å². The Morgan fingerprint density at radius 1 is 1.29 bits per heavy atom. The third-order valence-corrected chi connectivity index (χ3v) is 2.56. The van der Waals surface area contributed by atoms with E-state index in [0.717, 1.165) is 38.8 Å². The summed E-state index contributed by atoms with van der Waals surface area (Å²) in [5, 5.41) is 12.1. The average molecular weight is 245 g/mol. The molecule has 0 saturated heterocycles. The first-order valence-corrected chi connectivity index (χ1v) is 6.65. The van der Waals surface area contributed by atoms with Crippen LogP contribution in [0.3, 0.4) is 0 Å². The molecule has 0 heterocycles. The van der Waals surface area contributed by atoms with Gasteiger partial charge in [-0.2, -0.15) is 0 Å². The number of aliphatic carboxylic acids is 1. The number of carboxylic acids is 1. The summed E-state index contributed by atoms with van der Waals surface area (Å²) in [4.78, 5) is 10.9. The van der Waals surface area contributed by atoms with Gasteiger partial charge in [-0.05, 0) is 39.7 Å². The topological polar surface area (TPSA) is 58.6 Å². The van der Waals surface area contributed by atoms with Crippen LogP contribution in [0.1, 0.15) is 52.9 Å². The summed E-state index contributed by atoms with van der Waals surface area (Å²) in [5.74, 6) is -0.739. The van der Waals surface area contributed by atoms with E-state index in [9.17, 15) is 4.79 Å². The molecule has 0 amide bonds. The van der Waals surface area contributed by atoms with E-state index >= 15 is 0 Å². The highest BCUT2D eigenvalue weighted by molar-refractivity contribution is 5.73. The highest BCUT2D eigenvalue weighted by atomic mass is 16.5. The molecule has 0 saturated carbocycles. The molecule has 0 bridgehead atoms. The monoisotopic (exact) mass is 245 g/mol. The number of hydrogen-bond acceptors (Lipinski definition) is 3. The van der Waals surface area contributed by atoms with Crippen LogP contribution >= 0.6 is 0 Å². The van der Waals surface area contributed by atoms with Crippen molar-refractivity contribution in [2.45, 2.75) is 65.0 Å². The van der Waals surface area contributed by atoms with Gasteiger partial charge in [0.2, 0.25) is 0 Å². The molecular weight excluding hydrogens is 218 g/mol. The zero-order valence-corrected chi connectivity index (χ0v) is 11.4. The number of ether oxygens (including phenoxy) is 1. The Labute approximate surface area is 105 Å². The minimum atomic E-state index is -0.739. The highest BCUT2D eigenvalue weighted by Crippen LogP contribution is 2.01. The van der Waals surface area contributed by atoms with Crippen LogP contribution < -0.4 is 5.32 Å². The maximum Gasteiger partial charge on any atom is 0.320 e. The summed E-state index contributed by atoms with van der Waals surface area (Å²) in [7, 11) is 0. The van der Waals surface area contributed by atoms with Gasteiger partial charge >= 0.3 is 5.97 Å². The fourth-order valence-electron chi connectivity index (χ4n) is 1.54. The van der Waals surface area contributed by atoms with Gasteiger partial charge in [-0.25, -0.2) is 0 Å². The third kappa shape index (κ3) is 10.3. The lowest BCUT2D eigenvalue weighted by atomic mass is 10.1. The van der Waals surface area contributed by atoms with E-state index in [2.05, 4.69) is 12.2 Å². The molecule has 1 unspecified atom stereocenters. The van der Waals surface area contributed by atoms with Crippen LogP contribution in [0.25, 0.3) is 0 Å². The largest absolute Gasteiger partial charge is 0.480 e. The van der Waals surface area contributed by atoms with Crippen LogP contribution in [0.4, 0.5) is 0 Å². The van der Waals surface area contributed by atoms with E-state index in [1.807, 2.05) is 13.8 Å². The minimum absolute atomic E-state index is 0.277. The summed E-state index contributed by atoms with van der Waals surface area (Å²) in [6.45, 7) is 7.61. The summed E-state index contributed by atoms with van der Waals surface area (Å²) >= 11 is 0. The number of unbranched alkanes of at least 4 members (excludes halogenated alkanes) is 2. The summed E-state index contributed by atoms with van der Waals surface area (Å²) in [5.41, 5.74) is 0. The molecular formula is C13H27NO3. The molecule has 0 aromatic carbocycles. The molecule has 0 aromatic heterocycles.